The largest absolute Gasteiger partial charge is 0.341 e. The zero-order valence-electron chi connectivity index (χ0n) is 12.3. The van der Waals surface area contributed by atoms with Crippen molar-refractivity contribution in [2.75, 3.05) is 13.1 Å². The second kappa shape index (κ2) is 6.39. The van der Waals surface area contributed by atoms with Crippen LogP contribution in [0, 0.1) is 0 Å². The second-order valence-electron chi connectivity index (χ2n) is 5.58. The first-order valence-corrected chi connectivity index (χ1v) is 7.50. The number of carbonyl (C=O) groups excluding carboxylic acids is 1. The minimum atomic E-state index is -0.839. The number of amides is 1. The molecule has 0 saturated carbocycles. The fourth-order valence-corrected chi connectivity index (χ4v) is 3.02. The van der Waals surface area contributed by atoms with Gasteiger partial charge in [-0.3, -0.25) is 9.78 Å². The molecule has 116 valence electrons. The van der Waals surface area contributed by atoms with Crippen molar-refractivity contribution in [1.82, 2.24) is 15.4 Å². The van der Waals surface area contributed by atoms with Crippen molar-refractivity contribution < 1.29 is 10.0 Å². The van der Waals surface area contributed by atoms with E-state index in [9.17, 15) is 10.0 Å². The quantitative estimate of drug-likeness (QED) is 0.738. The molecular weight excluding hydrogens is 280 g/mol. The summed E-state index contributed by atoms with van der Waals surface area (Å²) in [5, 5.41) is 10.5. The molecule has 0 spiro atoms. The molecule has 0 radical (unpaired) electrons. The summed E-state index contributed by atoms with van der Waals surface area (Å²) in [7, 11) is 0. The predicted octanol–water partition coefficient (Wildman–Crippen LogP) is 1.20. The molecule has 1 aromatic carbocycles. The number of carbonyl (C=O) groups is 1. The Balaban J connectivity index is 1.93. The Morgan fingerprint density at radius 1 is 1.27 bits per heavy atom. The third kappa shape index (κ3) is 2.68. The number of fused-ring (bicyclic) bond motifs is 1. The highest BCUT2D eigenvalue weighted by Gasteiger charge is 2.31. The van der Waals surface area contributed by atoms with Crippen LogP contribution in [0.25, 0.3) is 10.9 Å². The van der Waals surface area contributed by atoms with Crippen molar-refractivity contribution in [1.29, 1.82) is 0 Å². The van der Waals surface area contributed by atoms with E-state index in [1.165, 1.54) is 0 Å². The summed E-state index contributed by atoms with van der Waals surface area (Å²) in [6.45, 7) is 1.48. The molecule has 0 unspecified atom stereocenters. The molecule has 1 amide bonds. The molecule has 2 heterocycles. The van der Waals surface area contributed by atoms with Crippen molar-refractivity contribution in [2.24, 2.45) is 5.73 Å². The van der Waals surface area contributed by atoms with Crippen LogP contribution in [0.5, 0.6) is 0 Å². The minimum absolute atomic E-state index is 0.134. The molecule has 1 aromatic heterocycles. The van der Waals surface area contributed by atoms with Gasteiger partial charge in [-0.05, 0) is 30.5 Å². The van der Waals surface area contributed by atoms with Crippen molar-refractivity contribution in [3.8, 4) is 0 Å². The van der Waals surface area contributed by atoms with Crippen molar-refractivity contribution in [2.45, 2.75) is 24.9 Å². The summed E-state index contributed by atoms with van der Waals surface area (Å²) in [6, 6.07) is 7.88. The van der Waals surface area contributed by atoms with Gasteiger partial charge >= 0.3 is 0 Å². The van der Waals surface area contributed by atoms with E-state index in [4.69, 9.17) is 5.73 Å². The molecular formula is C16H20N4O2. The number of hydroxylamine groups is 1. The molecule has 2 atom stereocenters. The number of pyridine rings is 1. The highest BCUT2D eigenvalue weighted by molar-refractivity contribution is 5.86. The lowest BCUT2D eigenvalue weighted by Gasteiger charge is -2.27. The number of hydrogen-bond donors (Lipinski definition) is 3. The van der Waals surface area contributed by atoms with E-state index in [-0.39, 0.29) is 5.91 Å². The fourth-order valence-electron chi connectivity index (χ4n) is 3.02. The third-order valence-electron chi connectivity index (χ3n) is 4.22. The maximum absolute atomic E-state index is 12.5. The summed E-state index contributed by atoms with van der Waals surface area (Å²) in [4.78, 5) is 18.5. The van der Waals surface area contributed by atoms with Crippen LogP contribution >= 0.6 is 0 Å². The first-order chi connectivity index (χ1) is 10.7. The monoisotopic (exact) mass is 300 g/mol. The normalized spacial score (nSPS) is 17.6. The lowest BCUT2D eigenvalue weighted by atomic mass is 9.96. The fraction of sp³-hybridized carbons (Fsp3) is 0.375. The maximum atomic E-state index is 12.5. The van der Waals surface area contributed by atoms with Crippen LogP contribution in [-0.4, -0.2) is 40.1 Å². The van der Waals surface area contributed by atoms with E-state index in [2.05, 4.69) is 10.5 Å². The summed E-state index contributed by atoms with van der Waals surface area (Å²) in [5.41, 5.74) is 9.93. The van der Waals surface area contributed by atoms with Gasteiger partial charge in [0, 0.05) is 24.7 Å². The Morgan fingerprint density at radius 3 is 2.73 bits per heavy atom. The van der Waals surface area contributed by atoms with Gasteiger partial charge in [-0.15, -0.1) is 0 Å². The minimum Gasteiger partial charge on any atom is -0.341 e. The Bertz CT molecular complexity index is 665. The number of nitrogens with two attached hydrogens (primary N) is 1. The summed E-state index contributed by atoms with van der Waals surface area (Å²) in [5.74, 6) is -0.134. The van der Waals surface area contributed by atoms with Crippen LogP contribution in [0.1, 0.15) is 24.4 Å². The average molecular weight is 300 g/mol. The summed E-state index contributed by atoms with van der Waals surface area (Å²) >= 11 is 0. The number of nitrogens with zero attached hydrogens (tertiary/aromatic N) is 2. The Kier molecular flexibility index (Phi) is 4.33. The van der Waals surface area contributed by atoms with Gasteiger partial charge in [-0.25, -0.2) is 0 Å². The first-order valence-electron chi connectivity index (χ1n) is 7.50. The topological polar surface area (TPSA) is 91.5 Å². The van der Waals surface area contributed by atoms with Gasteiger partial charge in [0.05, 0.1) is 11.6 Å². The van der Waals surface area contributed by atoms with Gasteiger partial charge in [-0.1, -0.05) is 18.2 Å². The van der Waals surface area contributed by atoms with E-state index in [0.29, 0.717) is 0 Å². The average Bonchev–Trinajstić information content (AvgIpc) is 3.09. The number of aromatic nitrogens is 1. The molecule has 6 nitrogen and oxygen atoms in total. The molecule has 0 bridgehead atoms. The molecule has 2 aromatic rings. The van der Waals surface area contributed by atoms with Crippen LogP contribution in [-0.2, 0) is 4.79 Å². The van der Waals surface area contributed by atoms with E-state index in [1.54, 1.807) is 17.2 Å². The summed E-state index contributed by atoms with van der Waals surface area (Å²) < 4.78 is 0. The summed E-state index contributed by atoms with van der Waals surface area (Å²) in [6.07, 6.45) is 3.68. The molecule has 4 N–H and O–H groups in total. The van der Waals surface area contributed by atoms with Crippen LogP contribution in [0.4, 0.5) is 0 Å². The lowest BCUT2D eigenvalue weighted by molar-refractivity contribution is -0.133. The van der Waals surface area contributed by atoms with Gasteiger partial charge in [0.15, 0.2) is 0 Å². The number of nitrogens with one attached hydrogen (secondary N) is 1. The first kappa shape index (κ1) is 14.9. The Hall–Kier alpha value is -2.02. The van der Waals surface area contributed by atoms with Crippen LogP contribution in [0.3, 0.4) is 0 Å². The van der Waals surface area contributed by atoms with Gasteiger partial charge in [0.2, 0.25) is 5.91 Å². The Labute approximate surface area is 128 Å². The number of rotatable bonds is 4. The third-order valence-corrected chi connectivity index (χ3v) is 4.22. The molecule has 6 heteroatoms. The number of para-hydroxylation sites is 1. The maximum Gasteiger partial charge on any atom is 0.241 e. The van der Waals surface area contributed by atoms with Gasteiger partial charge in [-0.2, -0.15) is 5.48 Å². The van der Waals surface area contributed by atoms with E-state index < -0.39 is 12.1 Å². The van der Waals surface area contributed by atoms with E-state index >= 15 is 0 Å². The molecule has 1 saturated heterocycles. The smallest absolute Gasteiger partial charge is 0.241 e. The highest BCUT2D eigenvalue weighted by atomic mass is 16.5. The molecule has 1 aliphatic heterocycles. The zero-order valence-corrected chi connectivity index (χ0v) is 12.3. The number of benzene rings is 1. The van der Waals surface area contributed by atoms with Crippen LogP contribution < -0.4 is 11.2 Å². The van der Waals surface area contributed by atoms with Crippen LogP contribution in [0.2, 0.25) is 0 Å². The molecule has 22 heavy (non-hydrogen) atoms. The molecule has 1 aliphatic rings. The standard InChI is InChI=1S/C16H20N4O2/c17-14(16(21)20-9-3-4-10-20)15(19-22)12-7-8-18-13-6-2-1-5-11(12)13/h1-2,5-8,14-15,19,22H,3-4,9-10,17H2/t14-,15+/m1/s1. The van der Waals surface area contributed by atoms with E-state index in [0.717, 1.165) is 42.4 Å². The molecule has 1 fully saturated rings. The SMILES string of the molecule is N[C@@H](C(=O)N1CCCC1)[C@@H](NO)c1ccnc2ccccc12. The van der Waals surface area contributed by atoms with Gasteiger partial charge in [0.25, 0.3) is 0 Å². The lowest BCUT2D eigenvalue weighted by Crippen LogP contribution is -2.49. The number of hydrogen-bond acceptors (Lipinski definition) is 5. The highest BCUT2D eigenvalue weighted by Crippen LogP contribution is 2.25. The van der Waals surface area contributed by atoms with Crippen molar-refractivity contribution in [3.05, 3.63) is 42.1 Å². The van der Waals surface area contributed by atoms with E-state index in [1.807, 2.05) is 24.3 Å². The Morgan fingerprint density at radius 2 is 2.00 bits per heavy atom. The second-order valence-corrected chi connectivity index (χ2v) is 5.58. The number of likely N-dealkylation sites (tertiary alicyclic amines) is 1. The van der Waals surface area contributed by atoms with Crippen molar-refractivity contribution in [3.63, 3.8) is 0 Å². The van der Waals surface area contributed by atoms with Crippen LogP contribution in [0.15, 0.2) is 36.5 Å². The molecule has 0 aliphatic carbocycles. The predicted molar refractivity (Wildman–Crippen MR) is 83.2 cm³/mol. The molecule has 3 rings (SSSR count). The van der Waals surface area contributed by atoms with Crippen molar-refractivity contribution >= 4 is 16.8 Å². The van der Waals surface area contributed by atoms with Gasteiger partial charge in [0.1, 0.15) is 6.04 Å². The zero-order chi connectivity index (χ0) is 15.5. The van der Waals surface area contributed by atoms with Gasteiger partial charge < -0.3 is 15.8 Å².